The highest BCUT2D eigenvalue weighted by atomic mass is 32.2. The molecule has 0 aliphatic rings. The van der Waals surface area contributed by atoms with E-state index in [1.807, 2.05) is 49.4 Å². The summed E-state index contributed by atoms with van der Waals surface area (Å²) in [5.41, 5.74) is 1.31. The summed E-state index contributed by atoms with van der Waals surface area (Å²) in [5, 5.41) is 2.04. The van der Waals surface area contributed by atoms with Crippen LogP contribution in [0.4, 0.5) is 0 Å². The molecule has 4 rings (SSSR count). The van der Waals surface area contributed by atoms with E-state index in [9.17, 15) is 13.2 Å². The molecule has 0 amide bonds. The highest BCUT2D eigenvalue weighted by Gasteiger charge is 2.22. The van der Waals surface area contributed by atoms with Crippen LogP contribution in [-0.2, 0) is 10.1 Å². The first-order chi connectivity index (χ1) is 14.3. The van der Waals surface area contributed by atoms with Crippen molar-refractivity contribution in [3.8, 4) is 11.6 Å². The summed E-state index contributed by atoms with van der Waals surface area (Å²) in [6.07, 6.45) is 0. The van der Waals surface area contributed by atoms with Crippen molar-refractivity contribution in [3.05, 3.63) is 94.0 Å². The Bertz CT molecular complexity index is 1420. The molecular formula is C23H20N2O4S. The van der Waals surface area contributed by atoms with Gasteiger partial charge in [-0.3, -0.25) is 9.36 Å². The predicted molar refractivity (Wildman–Crippen MR) is 116 cm³/mol. The third-order valence-corrected chi connectivity index (χ3v) is 6.15. The zero-order chi connectivity index (χ0) is 21.5. The standard InChI is InChI=1S/C23H20N2O4S/c1-15-8-12-21(13-9-15)30(27,28)29-22-16(2)23(26)25(17(3)24-22)20-11-10-18-6-4-5-7-19(18)14-20/h4-14H,1-3H3. The molecule has 0 atom stereocenters. The van der Waals surface area contributed by atoms with Crippen LogP contribution in [0.1, 0.15) is 17.0 Å². The SMILES string of the molecule is Cc1ccc(S(=O)(=O)Oc2nc(C)n(-c3ccc4ccccc4c3)c(=O)c2C)cc1. The molecule has 7 heteroatoms. The van der Waals surface area contributed by atoms with Crippen molar-refractivity contribution >= 4 is 20.9 Å². The molecular weight excluding hydrogens is 400 g/mol. The molecule has 0 saturated carbocycles. The molecule has 6 nitrogen and oxygen atoms in total. The predicted octanol–water partition coefficient (Wildman–Crippen LogP) is 4.08. The lowest BCUT2D eigenvalue weighted by atomic mass is 10.1. The average Bonchev–Trinajstić information content (AvgIpc) is 2.72. The van der Waals surface area contributed by atoms with Gasteiger partial charge in [-0.15, -0.1) is 0 Å². The molecule has 4 aromatic rings. The number of aromatic nitrogens is 2. The van der Waals surface area contributed by atoms with Crippen LogP contribution in [0.25, 0.3) is 16.5 Å². The monoisotopic (exact) mass is 420 g/mol. The van der Waals surface area contributed by atoms with E-state index in [4.69, 9.17) is 4.18 Å². The number of aryl methyl sites for hydroxylation is 2. The van der Waals surface area contributed by atoms with Crippen LogP contribution in [0.15, 0.2) is 76.4 Å². The second kappa shape index (κ2) is 7.42. The normalized spacial score (nSPS) is 11.6. The van der Waals surface area contributed by atoms with Gasteiger partial charge in [0.15, 0.2) is 0 Å². The van der Waals surface area contributed by atoms with Gasteiger partial charge in [-0.05, 0) is 55.8 Å². The smallest absolute Gasteiger partial charge is 0.340 e. The topological polar surface area (TPSA) is 78.3 Å². The van der Waals surface area contributed by atoms with Crippen LogP contribution in [0.5, 0.6) is 5.88 Å². The van der Waals surface area contributed by atoms with Gasteiger partial charge in [-0.1, -0.05) is 48.0 Å². The van der Waals surface area contributed by atoms with E-state index >= 15 is 0 Å². The van der Waals surface area contributed by atoms with Crippen LogP contribution in [0.2, 0.25) is 0 Å². The van der Waals surface area contributed by atoms with Crippen LogP contribution in [0, 0.1) is 20.8 Å². The van der Waals surface area contributed by atoms with Gasteiger partial charge in [-0.25, -0.2) is 0 Å². The molecule has 152 valence electrons. The van der Waals surface area contributed by atoms with E-state index in [2.05, 4.69) is 4.98 Å². The minimum Gasteiger partial charge on any atom is -0.358 e. The quantitative estimate of drug-likeness (QED) is 0.465. The fraction of sp³-hybridized carbons (Fsp3) is 0.130. The molecule has 0 unspecified atom stereocenters. The number of fused-ring (bicyclic) bond motifs is 1. The zero-order valence-electron chi connectivity index (χ0n) is 16.8. The van der Waals surface area contributed by atoms with Gasteiger partial charge in [-0.2, -0.15) is 13.4 Å². The lowest BCUT2D eigenvalue weighted by Gasteiger charge is -2.14. The highest BCUT2D eigenvalue weighted by molar-refractivity contribution is 7.87. The lowest BCUT2D eigenvalue weighted by Crippen LogP contribution is -2.26. The van der Waals surface area contributed by atoms with Crippen LogP contribution >= 0.6 is 0 Å². The molecule has 0 aliphatic heterocycles. The fourth-order valence-corrected chi connectivity index (χ4v) is 4.18. The molecule has 0 fully saturated rings. The van der Waals surface area contributed by atoms with Crippen molar-refractivity contribution in [1.29, 1.82) is 0 Å². The van der Waals surface area contributed by atoms with Gasteiger partial charge < -0.3 is 4.18 Å². The van der Waals surface area contributed by atoms with E-state index in [1.165, 1.54) is 23.6 Å². The van der Waals surface area contributed by atoms with Crippen molar-refractivity contribution in [2.24, 2.45) is 0 Å². The van der Waals surface area contributed by atoms with Crippen molar-refractivity contribution < 1.29 is 12.6 Å². The van der Waals surface area contributed by atoms with Gasteiger partial charge in [0.1, 0.15) is 10.7 Å². The molecule has 0 spiro atoms. The van der Waals surface area contributed by atoms with Crippen molar-refractivity contribution in [3.63, 3.8) is 0 Å². The largest absolute Gasteiger partial charge is 0.358 e. The minimum absolute atomic E-state index is 0.00524. The Labute approximate surface area is 174 Å². The fourth-order valence-electron chi connectivity index (χ4n) is 3.24. The molecule has 0 aliphatic carbocycles. The van der Waals surface area contributed by atoms with Gasteiger partial charge >= 0.3 is 10.1 Å². The van der Waals surface area contributed by atoms with Crippen LogP contribution < -0.4 is 9.74 Å². The maximum atomic E-state index is 13.1. The zero-order valence-corrected chi connectivity index (χ0v) is 17.6. The van der Waals surface area contributed by atoms with Crippen molar-refractivity contribution in [2.75, 3.05) is 0 Å². The Morgan fingerprint density at radius 2 is 1.53 bits per heavy atom. The molecule has 30 heavy (non-hydrogen) atoms. The first-order valence-electron chi connectivity index (χ1n) is 9.37. The summed E-state index contributed by atoms with van der Waals surface area (Å²) in [6, 6.07) is 19.8. The summed E-state index contributed by atoms with van der Waals surface area (Å²) < 4.78 is 31.9. The first-order valence-corrected chi connectivity index (χ1v) is 10.8. The Kier molecular flexibility index (Phi) is 4.91. The third-order valence-electron chi connectivity index (χ3n) is 4.92. The maximum Gasteiger partial charge on any atom is 0.340 e. The minimum atomic E-state index is -4.10. The van der Waals surface area contributed by atoms with Gasteiger partial charge in [0, 0.05) is 0 Å². The molecule has 0 radical (unpaired) electrons. The second-order valence-electron chi connectivity index (χ2n) is 7.11. The van der Waals surface area contributed by atoms with Crippen molar-refractivity contribution in [2.45, 2.75) is 25.7 Å². The summed E-state index contributed by atoms with van der Waals surface area (Å²) in [4.78, 5) is 17.3. The molecule has 0 bridgehead atoms. The van der Waals surface area contributed by atoms with Crippen molar-refractivity contribution in [1.82, 2.24) is 9.55 Å². The number of nitrogens with zero attached hydrogens (tertiary/aromatic N) is 2. The summed E-state index contributed by atoms with van der Waals surface area (Å²) in [7, 11) is -4.10. The Morgan fingerprint density at radius 3 is 2.23 bits per heavy atom. The number of benzene rings is 3. The van der Waals surface area contributed by atoms with Crippen LogP contribution in [-0.4, -0.2) is 18.0 Å². The van der Waals surface area contributed by atoms with E-state index in [-0.39, 0.29) is 21.9 Å². The third kappa shape index (κ3) is 3.59. The number of rotatable bonds is 4. The Balaban J connectivity index is 1.77. The second-order valence-corrected chi connectivity index (χ2v) is 8.66. The van der Waals surface area contributed by atoms with Gasteiger partial charge in [0.25, 0.3) is 5.56 Å². The summed E-state index contributed by atoms with van der Waals surface area (Å²) in [6.45, 7) is 5.01. The summed E-state index contributed by atoms with van der Waals surface area (Å²) in [5.74, 6) is 0.116. The first kappa shape index (κ1) is 19.8. The molecule has 1 heterocycles. The summed E-state index contributed by atoms with van der Waals surface area (Å²) >= 11 is 0. The Hall–Kier alpha value is -3.45. The van der Waals surface area contributed by atoms with Gasteiger partial charge in [0.05, 0.1) is 11.3 Å². The highest BCUT2D eigenvalue weighted by Crippen LogP contribution is 2.22. The van der Waals surface area contributed by atoms with E-state index in [0.717, 1.165) is 16.3 Å². The van der Waals surface area contributed by atoms with E-state index < -0.39 is 10.1 Å². The number of hydrogen-bond donors (Lipinski definition) is 0. The molecule has 3 aromatic carbocycles. The lowest BCUT2D eigenvalue weighted by molar-refractivity contribution is 0.469. The van der Waals surface area contributed by atoms with Gasteiger partial charge in [0.2, 0.25) is 5.88 Å². The maximum absolute atomic E-state index is 13.1. The Morgan fingerprint density at radius 1 is 0.867 bits per heavy atom. The number of hydrogen-bond acceptors (Lipinski definition) is 5. The molecule has 0 saturated heterocycles. The van der Waals surface area contributed by atoms with E-state index in [0.29, 0.717) is 11.5 Å². The average molecular weight is 420 g/mol. The molecule has 0 N–H and O–H groups in total. The van der Waals surface area contributed by atoms with E-state index in [1.54, 1.807) is 19.1 Å². The molecule has 1 aromatic heterocycles. The van der Waals surface area contributed by atoms with Crippen LogP contribution in [0.3, 0.4) is 0 Å².